The molecule has 0 aromatic carbocycles. The van der Waals surface area contributed by atoms with E-state index in [-0.39, 0.29) is 0 Å². The normalized spacial score (nSPS) is 52.6. The first-order valence-electron chi connectivity index (χ1n) is 11.0. The molecule has 2 heteroatoms. The molecule has 0 aromatic rings. The highest BCUT2D eigenvalue weighted by atomic mass is 79.9. The third-order valence-electron chi connectivity index (χ3n) is 8.92. The Balaban J connectivity index is 1.57. The van der Waals surface area contributed by atoms with Crippen LogP contribution in [0.1, 0.15) is 78.6 Å². The van der Waals surface area contributed by atoms with Gasteiger partial charge in [0.15, 0.2) is 0 Å². The minimum absolute atomic E-state index is 0.320. The monoisotopic (exact) mass is 408 g/mol. The molecule has 0 aromatic heterocycles. The molecule has 4 rings (SSSR count). The second kappa shape index (κ2) is 6.95. The Morgan fingerprint density at radius 2 is 1.72 bits per heavy atom. The predicted molar refractivity (Wildman–Crippen MR) is 108 cm³/mol. The summed E-state index contributed by atoms with van der Waals surface area (Å²) in [6.45, 7) is 7.46. The molecule has 0 saturated heterocycles. The molecule has 0 bridgehead atoms. The summed E-state index contributed by atoms with van der Waals surface area (Å²) in [5, 5.41) is 0.576. The van der Waals surface area contributed by atoms with Gasteiger partial charge < -0.3 is 0 Å². The second-order valence-corrected chi connectivity index (χ2v) is 11.2. The van der Waals surface area contributed by atoms with Crippen molar-refractivity contribution in [3.8, 4) is 0 Å². The number of alkyl halides is 1. The number of hydrogen-bond acceptors (Lipinski definition) is 1. The van der Waals surface area contributed by atoms with Crippen LogP contribution in [0.15, 0.2) is 0 Å². The highest BCUT2D eigenvalue weighted by molar-refractivity contribution is 9.09. The molecule has 4 aliphatic carbocycles. The average molecular weight is 409 g/mol. The van der Waals surface area contributed by atoms with Crippen molar-refractivity contribution in [1.82, 2.24) is 0 Å². The van der Waals surface area contributed by atoms with Crippen molar-refractivity contribution in [1.29, 1.82) is 0 Å². The summed E-state index contributed by atoms with van der Waals surface area (Å²) in [5.74, 6) is 7.04. The van der Waals surface area contributed by atoms with Gasteiger partial charge in [0.2, 0.25) is 0 Å². The average Bonchev–Trinajstić information content (AvgIpc) is 3.28. The van der Waals surface area contributed by atoms with Crippen molar-refractivity contribution in [2.24, 2.45) is 52.8 Å². The zero-order valence-corrected chi connectivity index (χ0v) is 18.1. The third-order valence-corrected chi connectivity index (χ3v) is 9.47. The van der Waals surface area contributed by atoms with E-state index in [1.165, 1.54) is 57.8 Å². The largest absolute Gasteiger partial charge is 0.298 e. The van der Waals surface area contributed by atoms with Crippen LogP contribution in [-0.4, -0.2) is 11.1 Å². The van der Waals surface area contributed by atoms with E-state index in [2.05, 4.69) is 36.7 Å². The molecule has 142 valence electrons. The number of carbonyl (C=O) groups is 1. The van der Waals surface area contributed by atoms with Gasteiger partial charge in [0.05, 0.1) is 5.33 Å². The molecule has 0 aliphatic heterocycles. The van der Waals surface area contributed by atoms with Gasteiger partial charge in [-0.1, -0.05) is 62.4 Å². The van der Waals surface area contributed by atoms with Gasteiger partial charge in [-0.3, -0.25) is 4.79 Å². The lowest BCUT2D eigenvalue weighted by Gasteiger charge is -2.51. The van der Waals surface area contributed by atoms with Crippen LogP contribution in [0.2, 0.25) is 0 Å². The maximum Gasteiger partial charge on any atom is 0.147 e. The first-order valence-corrected chi connectivity index (χ1v) is 12.2. The number of hydrogen-bond donors (Lipinski definition) is 0. The van der Waals surface area contributed by atoms with E-state index in [1.54, 1.807) is 0 Å². The van der Waals surface area contributed by atoms with Crippen molar-refractivity contribution >= 4 is 21.7 Å². The molecule has 0 radical (unpaired) electrons. The highest BCUT2D eigenvalue weighted by Gasteiger charge is 2.69. The molecule has 9 atom stereocenters. The Hall–Kier alpha value is 0.150. The molecule has 4 saturated carbocycles. The van der Waals surface area contributed by atoms with Gasteiger partial charge >= 0.3 is 0 Å². The predicted octanol–water partition coefficient (Wildman–Crippen LogP) is 6.49. The summed E-state index contributed by atoms with van der Waals surface area (Å²) >= 11 is 3.49. The number of Topliss-reactive ketones (excluding diaryl/α,β-unsaturated/α-hetero) is 1. The van der Waals surface area contributed by atoms with Crippen LogP contribution in [0, 0.1) is 52.8 Å². The standard InChI is InChI=1S/C23H37BrO/c1-14-5-4-6-16-9-10-23(3)21(17(16)8-7-15(2)11-14)18-12-19(18)22(23)20(25)13-24/h14-19,21-22H,4-13H2,1-3H3/t14-,15+,16-,17+,18+,19-,21+,22+,23-/m0/s1. The number of halogens is 1. The summed E-state index contributed by atoms with van der Waals surface area (Å²) in [6, 6.07) is 0. The summed E-state index contributed by atoms with van der Waals surface area (Å²) in [6.07, 6.45) is 12.7. The Labute approximate surface area is 163 Å². The fourth-order valence-electron chi connectivity index (χ4n) is 7.94. The van der Waals surface area contributed by atoms with Crippen LogP contribution in [0.5, 0.6) is 0 Å². The number of fused-ring (bicyclic) bond motifs is 5. The summed E-state index contributed by atoms with van der Waals surface area (Å²) < 4.78 is 0. The summed E-state index contributed by atoms with van der Waals surface area (Å²) in [7, 11) is 0. The van der Waals surface area contributed by atoms with E-state index in [4.69, 9.17) is 0 Å². The van der Waals surface area contributed by atoms with Gasteiger partial charge in [-0.15, -0.1) is 0 Å². The molecule has 0 amide bonds. The number of carbonyl (C=O) groups excluding carboxylic acids is 1. The first-order chi connectivity index (χ1) is 12.0. The van der Waals surface area contributed by atoms with Crippen molar-refractivity contribution in [2.75, 3.05) is 5.33 Å². The smallest absolute Gasteiger partial charge is 0.147 e. The van der Waals surface area contributed by atoms with Crippen molar-refractivity contribution in [3.63, 3.8) is 0 Å². The van der Waals surface area contributed by atoms with E-state index in [0.29, 0.717) is 22.4 Å². The van der Waals surface area contributed by atoms with Crippen molar-refractivity contribution < 1.29 is 4.79 Å². The SMILES string of the molecule is C[C@@H]1CC[C@@H]2[C@@H](CCC[C@H](C)C1)CC[C@@]1(C)[C@H]2[C@@H]2C[C@@H]2[C@@H]1C(=O)CBr. The van der Waals surface area contributed by atoms with Crippen molar-refractivity contribution in [2.45, 2.75) is 78.6 Å². The van der Waals surface area contributed by atoms with Crippen LogP contribution in [0.4, 0.5) is 0 Å². The number of rotatable bonds is 2. The molecule has 25 heavy (non-hydrogen) atoms. The van der Waals surface area contributed by atoms with Crippen LogP contribution >= 0.6 is 15.9 Å². The Morgan fingerprint density at radius 3 is 2.48 bits per heavy atom. The quantitative estimate of drug-likeness (QED) is 0.476. The minimum Gasteiger partial charge on any atom is -0.298 e. The Morgan fingerprint density at radius 1 is 0.960 bits per heavy atom. The van der Waals surface area contributed by atoms with Gasteiger partial charge in [0.1, 0.15) is 5.78 Å². The van der Waals surface area contributed by atoms with Gasteiger partial charge in [0.25, 0.3) is 0 Å². The lowest BCUT2D eigenvalue weighted by molar-refractivity contribution is -0.127. The maximum absolute atomic E-state index is 12.7. The van der Waals surface area contributed by atoms with E-state index >= 15 is 0 Å². The van der Waals surface area contributed by atoms with Gasteiger partial charge in [-0.05, 0) is 78.9 Å². The van der Waals surface area contributed by atoms with Crippen LogP contribution in [0.3, 0.4) is 0 Å². The molecule has 0 spiro atoms. The Bertz CT molecular complexity index is 516. The van der Waals surface area contributed by atoms with Gasteiger partial charge in [-0.2, -0.15) is 0 Å². The maximum atomic E-state index is 12.7. The van der Waals surface area contributed by atoms with Crippen LogP contribution in [0.25, 0.3) is 0 Å². The lowest BCUT2D eigenvalue weighted by atomic mass is 9.53. The second-order valence-electron chi connectivity index (χ2n) is 10.6. The molecule has 4 aliphatic rings. The fourth-order valence-corrected chi connectivity index (χ4v) is 8.29. The summed E-state index contributed by atoms with van der Waals surface area (Å²) in [5.41, 5.74) is 0.320. The van der Waals surface area contributed by atoms with Crippen LogP contribution in [-0.2, 0) is 4.79 Å². The molecule has 0 N–H and O–H groups in total. The molecule has 4 fully saturated rings. The fraction of sp³-hybridized carbons (Fsp3) is 0.957. The van der Waals surface area contributed by atoms with Crippen LogP contribution < -0.4 is 0 Å². The van der Waals surface area contributed by atoms with Gasteiger partial charge in [0, 0.05) is 5.92 Å². The lowest BCUT2D eigenvalue weighted by Crippen LogP contribution is -2.46. The minimum atomic E-state index is 0.320. The first kappa shape index (κ1) is 18.5. The molecule has 0 heterocycles. The molecule has 1 nitrogen and oxygen atoms in total. The van der Waals surface area contributed by atoms with E-state index in [9.17, 15) is 4.79 Å². The summed E-state index contributed by atoms with van der Waals surface area (Å²) in [4.78, 5) is 12.7. The van der Waals surface area contributed by atoms with E-state index in [0.717, 1.165) is 41.4 Å². The molecule has 0 unspecified atom stereocenters. The Kier molecular flexibility index (Phi) is 5.15. The van der Waals surface area contributed by atoms with E-state index in [1.807, 2.05) is 0 Å². The zero-order chi connectivity index (χ0) is 17.8. The highest BCUT2D eigenvalue weighted by Crippen LogP contribution is 2.73. The van der Waals surface area contributed by atoms with E-state index < -0.39 is 0 Å². The van der Waals surface area contributed by atoms with Gasteiger partial charge in [-0.25, -0.2) is 0 Å². The number of ketones is 1. The third kappa shape index (κ3) is 3.17. The van der Waals surface area contributed by atoms with Crippen molar-refractivity contribution in [3.05, 3.63) is 0 Å². The molecular formula is C23H37BrO. The zero-order valence-electron chi connectivity index (χ0n) is 16.5. The molecular weight excluding hydrogens is 372 g/mol. The topological polar surface area (TPSA) is 17.1 Å².